The number of nitrogens with two attached hydrogens (primary N) is 1. The highest BCUT2D eigenvalue weighted by Gasteiger charge is 2.35. The predicted molar refractivity (Wildman–Crippen MR) is 97.8 cm³/mol. The van der Waals surface area contributed by atoms with Gasteiger partial charge in [0.1, 0.15) is 0 Å². The molecule has 0 bridgehead atoms. The second-order valence-electron chi connectivity index (χ2n) is 6.78. The van der Waals surface area contributed by atoms with Crippen molar-refractivity contribution in [2.45, 2.75) is 50.9 Å². The zero-order chi connectivity index (χ0) is 18.9. The van der Waals surface area contributed by atoms with E-state index < -0.39 is 17.5 Å². The zero-order valence-corrected chi connectivity index (χ0v) is 15.5. The Balaban J connectivity index is 0.00000261. The Kier molecular flexibility index (Phi) is 6.59. The summed E-state index contributed by atoms with van der Waals surface area (Å²) in [7, 11) is 0. The zero-order valence-electron chi connectivity index (χ0n) is 14.7. The highest BCUT2D eigenvalue weighted by Crippen LogP contribution is 2.38. The van der Waals surface area contributed by atoms with Gasteiger partial charge >= 0.3 is 11.9 Å². The van der Waals surface area contributed by atoms with Crippen LogP contribution in [0.15, 0.2) is 27.4 Å². The van der Waals surface area contributed by atoms with Gasteiger partial charge in [-0.05, 0) is 56.7 Å². The molecular weight excluding hydrogens is 385 g/mol. The van der Waals surface area contributed by atoms with Gasteiger partial charge in [-0.1, -0.05) is 0 Å². The van der Waals surface area contributed by atoms with Crippen molar-refractivity contribution in [3.8, 4) is 11.5 Å². The first kappa shape index (κ1) is 21.3. The summed E-state index contributed by atoms with van der Waals surface area (Å²) in [6.45, 7) is 1.88. The molecule has 3 rings (SSSR count). The second-order valence-corrected chi connectivity index (χ2v) is 6.78. The number of aromatic nitrogens is 2. The van der Waals surface area contributed by atoms with E-state index in [0.29, 0.717) is 0 Å². The van der Waals surface area contributed by atoms with Crippen molar-refractivity contribution in [3.63, 3.8) is 0 Å². The van der Waals surface area contributed by atoms with Crippen molar-refractivity contribution in [1.29, 1.82) is 0 Å². The Morgan fingerprint density at radius 3 is 2.52 bits per heavy atom. The fourth-order valence-corrected chi connectivity index (χ4v) is 3.41. The van der Waals surface area contributed by atoms with Crippen LogP contribution in [0.1, 0.15) is 38.2 Å². The van der Waals surface area contributed by atoms with Gasteiger partial charge < -0.3 is 15.5 Å². The first-order chi connectivity index (χ1) is 12.2. The van der Waals surface area contributed by atoms with Gasteiger partial charge in [-0.2, -0.15) is 13.2 Å². The number of nitrogens with one attached hydrogen (secondary N) is 2. The van der Waals surface area contributed by atoms with E-state index in [4.69, 9.17) is 10.2 Å². The molecule has 0 saturated heterocycles. The minimum Gasteiger partial charge on any atom is -0.388 e. The summed E-state index contributed by atoms with van der Waals surface area (Å²) in [6, 6.07) is 3.54. The van der Waals surface area contributed by atoms with Crippen LogP contribution in [-0.4, -0.2) is 22.3 Å². The van der Waals surface area contributed by atoms with E-state index in [0.717, 1.165) is 31.7 Å². The number of halogens is 4. The third kappa shape index (κ3) is 5.04. The summed E-state index contributed by atoms with van der Waals surface area (Å²) in [4.78, 5) is 11.1. The number of H-pyrrole nitrogens is 1. The lowest BCUT2D eigenvalue weighted by molar-refractivity contribution is -0.137. The van der Waals surface area contributed by atoms with E-state index in [9.17, 15) is 18.0 Å². The fraction of sp³-hybridized carbons (Fsp3) is 0.529. The molecule has 6 nitrogen and oxygen atoms in total. The van der Waals surface area contributed by atoms with Crippen molar-refractivity contribution in [3.05, 3.63) is 34.3 Å². The maximum absolute atomic E-state index is 13.4. The number of alkyl halides is 3. The largest absolute Gasteiger partial charge is 0.434 e. The molecule has 0 aliphatic heterocycles. The number of benzene rings is 1. The molecule has 0 radical (unpaired) electrons. The van der Waals surface area contributed by atoms with Gasteiger partial charge in [0.05, 0.1) is 5.56 Å². The van der Waals surface area contributed by atoms with Gasteiger partial charge in [-0.15, -0.1) is 17.5 Å². The molecule has 1 saturated carbocycles. The molecule has 1 aromatic carbocycles. The maximum Gasteiger partial charge on any atom is 0.434 e. The quantitative estimate of drug-likeness (QED) is 0.717. The standard InChI is InChI=1S/C17H21F3N4O2.ClH/c1-9(10-2-5-12(21)6-3-10)22-14-8-11(15-23-24-16(25)26-15)4-7-13(14)17(18,19)20;/h4,7-10,12,22H,2-3,5-6,21H2,1H3,(H,24,25);1H. The molecule has 1 unspecified atom stereocenters. The van der Waals surface area contributed by atoms with Crippen LogP contribution in [0.4, 0.5) is 18.9 Å². The minimum atomic E-state index is -4.50. The van der Waals surface area contributed by atoms with Gasteiger partial charge in [-0.3, -0.25) is 0 Å². The summed E-state index contributed by atoms with van der Waals surface area (Å²) >= 11 is 0. The lowest BCUT2D eigenvalue weighted by Crippen LogP contribution is -2.34. The van der Waals surface area contributed by atoms with E-state index in [1.54, 1.807) is 0 Å². The third-order valence-corrected chi connectivity index (χ3v) is 4.92. The first-order valence-corrected chi connectivity index (χ1v) is 8.53. The van der Waals surface area contributed by atoms with Crippen LogP contribution in [0.3, 0.4) is 0 Å². The number of hydrogen-bond acceptors (Lipinski definition) is 5. The van der Waals surface area contributed by atoms with Crippen LogP contribution in [0.5, 0.6) is 0 Å². The van der Waals surface area contributed by atoms with Gasteiger partial charge in [0.25, 0.3) is 0 Å². The summed E-state index contributed by atoms with van der Waals surface area (Å²) in [5.74, 6) is -0.563. The Hall–Kier alpha value is -2.00. The lowest BCUT2D eigenvalue weighted by Gasteiger charge is -2.32. The van der Waals surface area contributed by atoms with E-state index in [1.165, 1.54) is 12.1 Å². The van der Waals surface area contributed by atoms with Crippen molar-refractivity contribution in [2.24, 2.45) is 11.7 Å². The third-order valence-electron chi connectivity index (χ3n) is 4.92. The van der Waals surface area contributed by atoms with Crippen molar-refractivity contribution in [2.75, 3.05) is 5.32 Å². The Morgan fingerprint density at radius 2 is 1.96 bits per heavy atom. The molecule has 1 heterocycles. The molecule has 0 spiro atoms. The molecule has 1 fully saturated rings. The topological polar surface area (TPSA) is 96.9 Å². The monoisotopic (exact) mass is 406 g/mol. The number of anilines is 1. The van der Waals surface area contributed by atoms with Gasteiger partial charge in [0.15, 0.2) is 0 Å². The number of hydrogen-bond donors (Lipinski definition) is 3. The molecule has 2 aromatic rings. The number of aromatic amines is 1. The smallest absolute Gasteiger partial charge is 0.388 e. The first-order valence-electron chi connectivity index (χ1n) is 8.53. The highest BCUT2D eigenvalue weighted by molar-refractivity contribution is 5.85. The normalized spacial score (nSPS) is 21.4. The van der Waals surface area contributed by atoms with Crippen LogP contribution in [0.25, 0.3) is 11.5 Å². The van der Waals surface area contributed by atoms with E-state index in [1.807, 2.05) is 6.92 Å². The molecule has 0 amide bonds. The number of nitrogens with zero attached hydrogens (tertiary/aromatic N) is 1. The van der Waals surface area contributed by atoms with Crippen LogP contribution >= 0.6 is 12.4 Å². The van der Waals surface area contributed by atoms with E-state index >= 15 is 0 Å². The molecule has 1 atom stereocenters. The number of rotatable bonds is 4. The average Bonchev–Trinajstić information content (AvgIpc) is 3.01. The molecule has 10 heteroatoms. The van der Waals surface area contributed by atoms with E-state index in [-0.39, 0.29) is 47.6 Å². The summed E-state index contributed by atoms with van der Waals surface area (Å²) in [5.41, 5.74) is 5.37. The molecular formula is C17H22ClF3N4O2. The fourth-order valence-electron chi connectivity index (χ4n) is 3.41. The van der Waals surface area contributed by atoms with Crippen LogP contribution < -0.4 is 16.8 Å². The summed E-state index contributed by atoms with van der Waals surface area (Å²) < 4.78 is 45.0. The van der Waals surface area contributed by atoms with Gasteiger partial charge in [0, 0.05) is 23.3 Å². The predicted octanol–water partition coefficient (Wildman–Crippen LogP) is 3.79. The Labute approximate surface area is 160 Å². The molecule has 27 heavy (non-hydrogen) atoms. The van der Waals surface area contributed by atoms with Gasteiger partial charge in [-0.25, -0.2) is 9.89 Å². The lowest BCUT2D eigenvalue weighted by atomic mass is 9.82. The highest BCUT2D eigenvalue weighted by atomic mass is 35.5. The second kappa shape index (κ2) is 8.35. The minimum absolute atomic E-state index is 0. The molecule has 1 aliphatic carbocycles. The molecule has 1 aromatic heterocycles. The summed E-state index contributed by atoms with van der Waals surface area (Å²) in [5, 5.41) is 8.77. The van der Waals surface area contributed by atoms with Crippen molar-refractivity contribution < 1.29 is 17.6 Å². The average molecular weight is 407 g/mol. The Morgan fingerprint density at radius 1 is 1.30 bits per heavy atom. The SMILES string of the molecule is CC(Nc1cc(-c2n[nH]c(=O)o2)ccc1C(F)(F)F)C1CCC(N)CC1.Cl. The summed E-state index contributed by atoms with van der Waals surface area (Å²) in [6.07, 6.45) is -0.986. The molecule has 150 valence electrons. The van der Waals surface area contributed by atoms with Gasteiger partial charge in [0.2, 0.25) is 5.89 Å². The van der Waals surface area contributed by atoms with Crippen LogP contribution in [0, 0.1) is 5.92 Å². The van der Waals surface area contributed by atoms with Crippen LogP contribution in [-0.2, 0) is 6.18 Å². The van der Waals surface area contributed by atoms with Crippen molar-refractivity contribution >= 4 is 18.1 Å². The van der Waals surface area contributed by atoms with E-state index in [2.05, 4.69) is 15.5 Å². The van der Waals surface area contributed by atoms with Crippen LogP contribution in [0.2, 0.25) is 0 Å². The molecule has 4 N–H and O–H groups in total. The Bertz CT molecular complexity index is 813. The maximum atomic E-state index is 13.4. The van der Waals surface area contributed by atoms with Crippen molar-refractivity contribution in [1.82, 2.24) is 10.2 Å². The molecule has 1 aliphatic rings.